The monoisotopic (exact) mass is 430 g/mol. The molecule has 29 heavy (non-hydrogen) atoms. The Kier molecular flexibility index (Phi) is 9.61. The zero-order valence-electron chi connectivity index (χ0n) is 17.5. The Morgan fingerprint density at radius 1 is 1.03 bits per heavy atom. The first kappa shape index (κ1) is 23.4. The van der Waals surface area contributed by atoms with Crippen molar-refractivity contribution in [2.45, 2.75) is 6.42 Å². The summed E-state index contributed by atoms with van der Waals surface area (Å²) in [6.45, 7) is 1.62. The first-order valence-corrected chi connectivity index (χ1v) is 11.1. The molecule has 0 radical (unpaired) electrons. The van der Waals surface area contributed by atoms with Gasteiger partial charge in [0.1, 0.15) is 7.05 Å². The molecule has 0 aliphatic rings. The molecule has 0 saturated heterocycles. The molecule has 4 nitrogen and oxygen atoms in total. The predicted molar refractivity (Wildman–Crippen MR) is 130 cm³/mol. The molecule has 1 aromatic heterocycles. The topological polar surface area (TPSA) is 27.4 Å². The van der Waals surface area contributed by atoms with Gasteiger partial charge in [0.25, 0.3) is 0 Å². The van der Waals surface area contributed by atoms with Gasteiger partial charge in [-0.3, -0.25) is 4.79 Å². The third-order valence-electron chi connectivity index (χ3n) is 5.03. The van der Waals surface area contributed by atoms with Crippen molar-refractivity contribution in [1.82, 2.24) is 4.90 Å². The van der Waals surface area contributed by atoms with Crippen LogP contribution in [-0.4, -0.2) is 49.5 Å². The number of carbonyl (C=O) groups excluding carboxylic acids is 1. The van der Waals surface area contributed by atoms with Gasteiger partial charge in [-0.25, -0.2) is 4.57 Å². The molecule has 0 atom stereocenters. The first-order valence-electron chi connectivity index (χ1n) is 9.87. The lowest BCUT2D eigenvalue weighted by Crippen LogP contribution is -2.36. The van der Waals surface area contributed by atoms with Crippen molar-refractivity contribution in [3.63, 3.8) is 0 Å². The van der Waals surface area contributed by atoms with Crippen molar-refractivity contribution in [3.05, 3.63) is 59.9 Å². The van der Waals surface area contributed by atoms with E-state index in [0.717, 1.165) is 25.2 Å². The molecule has 2 rings (SSSR count). The minimum Gasteiger partial charge on any atom is -0.375 e. The van der Waals surface area contributed by atoms with Gasteiger partial charge < -0.3 is 9.80 Å². The number of rotatable bonds is 10. The van der Waals surface area contributed by atoms with Gasteiger partial charge in [0, 0.05) is 62.6 Å². The van der Waals surface area contributed by atoms with E-state index < -0.39 is 0 Å². The molecule has 0 fully saturated rings. The molecular weight excluding hydrogens is 398 g/mol. The van der Waals surface area contributed by atoms with Crippen molar-refractivity contribution in [2.24, 2.45) is 13.0 Å². The van der Waals surface area contributed by atoms with Gasteiger partial charge in [0.2, 0.25) is 11.6 Å². The summed E-state index contributed by atoms with van der Waals surface area (Å²) in [6.07, 6.45) is 7.20. The fourth-order valence-electron chi connectivity index (χ4n) is 3.04. The Morgan fingerprint density at radius 2 is 1.72 bits per heavy atom. The molecule has 0 aliphatic heterocycles. The second-order valence-corrected chi connectivity index (χ2v) is 7.99. The summed E-state index contributed by atoms with van der Waals surface area (Å²) in [6, 6.07) is 14.7. The number of hydrogen-bond acceptors (Lipinski definition) is 4. The van der Waals surface area contributed by atoms with E-state index in [1.807, 2.05) is 32.4 Å². The summed E-state index contributed by atoms with van der Waals surface area (Å²) in [5.41, 5.74) is 3.50. The zero-order valence-corrected chi connectivity index (χ0v) is 19.3. The van der Waals surface area contributed by atoms with Crippen molar-refractivity contribution >= 4 is 49.0 Å². The van der Waals surface area contributed by atoms with Crippen LogP contribution in [0, 0.1) is 5.92 Å². The number of carbonyl (C=O) groups is 1. The third kappa shape index (κ3) is 7.12. The van der Waals surface area contributed by atoms with Crippen LogP contribution in [0.2, 0.25) is 0 Å². The van der Waals surface area contributed by atoms with Crippen LogP contribution in [0.3, 0.4) is 0 Å². The highest BCUT2D eigenvalue weighted by atomic mass is 32.1. The lowest BCUT2D eigenvalue weighted by molar-refractivity contribution is -0.673. The number of amides is 1. The molecule has 156 valence electrons. The van der Waals surface area contributed by atoms with Gasteiger partial charge in [-0.05, 0) is 36.3 Å². The van der Waals surface area contributed by atoms with Crippen molar-refractivity contribution in [2.75, 3.05) is 43.6 Å². The van der Waals surface area contributed by atoms with Crippen LogP contribution in [-0.2, 0) is 11.8 Å². The van der Waals surface area contributed by atoms with Gasteiger partial charge >= 0.3 is 0 Å². The van der Waals surface area contributed by atoms with Gasteiger partial charge in [-0.2, -0.15) is 25.3 Å². The number of hydrogen-bond donors (Lipinski definition) is 2. The summed E-state index contributed by atoms with van der Waals surface area (Å²) in [5.74, 6) is 1.09. The highest BCUT2D eigenvalue weighted by Gasteiger charge is 2.18. The summed E-state index contributed by atoms with van der Waals surface area (Å²) in [4.78, 5) is 16.3. The van der Waals surface area contributed by atoms with E-state index in [1.165, 1.54) is 11.3 Å². The lowest BCUT2D eigenvalue weighted by Gasteiger charge is -2.24. The Hall–Kier alpha value is -1.92. The van der Waals surface area contributed by atoms with E-state index in [1.54, 1.807) is 4.90 Å². The van der Waals surface area contributed by atoms with E-state index in [0.29, 0.717) is 11.5 Å². The van der Waals surface area contributed by atoms with Gasteiger partial charge in [-0.1, -0.05) is 12.1 Å². The summed E-state index contributed by atoms with van der Waals surface area (Å²) in [5, 5.41) is 0. The molecular formula is C23H32N3OS2+. The smallest absolute Gasteiger partial charge is 0.227 e. The molecule has 1 aromatic carbocycles. The molecule has 0 unspecified atom stereocenters. The zero-order chi connectivity index (χ0) is 21.2. The number of benzene rings is 1. The molecule has 1 amide bonds. The van der Waals surface area contributed by atoms with Crippen molar-refractivity contribution in [3.8, 4) is 0 Å². The van der Waals surface area contributed by atoms with Crippen LogP contribution in [0.15, 0.2) is 48.7 Å². The van der Waals surface area contributed by atoms with Crippen LogP contribution in [0.1, 0.15) is 17.7 Å². The Balaban J connectivity index is 1.85. The number of pyridine rings is 1. The fourth-order valence-corrected chi connectivity index (χ4v) is 3.82. The molecule has 0 spiro atoms. The van der Waals surface area contributed by atoms with Crippen LogP contribution >= 0.6 is 25.3 Å². The average molecular weight is 431 g/mol. The van der Waals surface area contributed by atoms with Crippen molar-refractivity contribution in [1.29, 1.82) is 0 Å². The Labute approximate surface area is 186 Å². The normalized spacial score (nSPS) is 11.2. The van der Waals surface area contributed by atoms with Crippen LogP contribution < -0.4 is 9.47 Å². The van der Waals surface area contributed by atoms with Crippen LogP contribution in [0.4, 0.5) is 5.69 Å². The summed E-state index contributed by atoms with van der Waals surface area (Å²) < 4.78 is 2.09. The number of anilines is 1. The number of aryl methyl sites for hydroxylation is 1. The standard InChI is InChI=1S/C23H31N3OS2/c1-24-14-5-4-7-21(24)11-8-19-9-12-22(13-10-19)25(2)15-6-16-26(3)23(27)20(17-28)18-29/h4-5,7-14,20H,6,15-18H2,1-3H3,(H-,28,29)/p+1. The maximum absolute atomic E-state index is 12.3. The molecule has 1 heterocycles. The van der Waals surface area contributed by atoms with E-state index >= 15 is 0 Å². The molecule has 0 saturated carbocycles. The number of aromatic nitrogens is 1. The third-order valence-corrected chi connectivity index (χ3v) is 5.91. The minimum atomic E-state index is -0.108. The van der Waals surface area contributed by atoms with Crippen LogP contribution in [0.5, 0.6) is 0 Å². The van der Waals surface area contributed by atoms with Gasteiger partial charge in [0.05, 0.1) is 5.92 Å². The minimum absolute atomic E-state index is 0.108. The molecule has 2 aromatic rings. The molecule has 6 heteroatoms. The number of thiol groups is 2. The lowest BCUT2D eigenvalue weighted by atomic mass is 10.1. The summed E-state index contributed by atoms with van der Waals surface area (Å²) in [7, 11) is 5.98. The summed E-state index contributed by atoms with van der Waals surface area (Å²) >= 11 is 8.48. The SMILES string of the molecule is CN(CCCN(C)c1ccc(C=Cc2cccc[n+]2C)cc1)C(=O)C(CS)CS. The van der Waals surface area contributed by atoms with Crippen molar-refractivity contribution < 1.29 is 9.36 Å². The second-order valence-electron chi connectivity index (χ2n) is 7.26. The van der Waals surface area contributed by atoms with E-state index in [4.69, 9.17) is 0 Å². The fraction of sp³-hybridized carbons (Fsp3) is 0.391. The van der Waals surface area contributed by atoms with Crippen LogP contribution in [0.25, 0.3) is 12.2 Å². The largest absolute Gasteiger partial charge is 0.375 e. The maximum atomic E-state index is 12.3. The number of nitrogens with zero attached hydrogens (tertiary/aromatic N) is 3. The molecule has 0 N–H and O–H groups in total. The van der Waals surface area contributed by atoms with E-state index in [2.05, 4.69) is 84.3 Å². The van der Waals surface area contributed by atoms with Gasteiger partial charge in [-0.15, -0.1) is 0 Å². The van der Waals surface area contributed by atoms with E-state index in [9.17, 15) is 4.79 Å². The van der Waals surface area contributed by atoms with E-state index in [-0.39, 0.29) is 11.8 Å². The second kappa shape index (κ2) is 11.9. The quantitative estimate of drug-likeness (QED) is 0.446. The van der Waals surface area contributed by atoms with Gasteiger partial charge in [0.15, 0.2) is 6.20 Å². The predicted octanol–water partition coefficient (Wildman–Crippen LogP) is 3.44. The molecule has 0 aliphatic carbocycles. The first-order chi connectivity index (χ1) is 14.0. The average Bonchev–Trinajstić information content (AvgIpc) is 2.74. The highest BCUT2D eigenvalue weighted by Crippen LogP contribution is 2.16. The Bertz CT molecular complexity index is 804. The molecule has 0 bridgehead atoms. The maximum Gasteiger partial charge on any atom is 0.227 e. The Morgan fingerprint density at radius 3 is 2.34 bits per heavy atom. The highest BCUT2D eigenvalue weighted by molar-refractivity contribution is 7.81.